The van der Waals surface area contributed by atoms with Gasteiger partial charge in [-0.3, -0.25) is 4.79 Å². The van der Waals surface area contributed by atoms with Crippen LogP contribution in [0.1, 0.15) is 32.1 Å². The van der Waals surface area contributed by atoms with Gasteiger partial charge in [0.25, 0.3) is 0 Å². The SMILES string of the molecule is O=C1CCCC2(CCN(c3nnc(-c4ccccc4)o3)CC2)N1c1ccc(Cl)c(F)c1. The van der Waals surface area contributed by atoms with Crippen LogP contribution in [-0.4, -0.2) is 34.7 Å². The van der Waals surface area contributed by atoms with E-state index in [-0.39, 0.29) is 16.5 Å². The molecule has 0 N–H and O–H groups in total. The summed E-state index contributed by atoms with van der Waals surface area (Å²) < 4.78 is 20.0. The molecule has 5 rings (SSSR count). The van der Waals surface area contributed by atoms with Crippen LogP contribution in [0.15, 0.2) is 52.9 Å². The highest BCUT2D eigenvalue weighted by atomic mass is 35.5. The largest absolute Gasteiger partial charge is 0.403 e. The van der Waals surface area contributed by atoms with Crippen molar-refractivity contribution < 1.29 is 13.6 Å². The van der Waals surface area contributed by atoms with Crippen LogP contribution in [0.3, 0.4) is 0 Å². The van der Waals surface area contributed by atoms with Gasteiger partial charge >= 0.3 is 6.01 Å². The lowest BCUT2D eigenvalue weighted by molar-refractivity contribution is -0.121. The number of halogens is 2. The molecule has 0 unspecified atom stereocenters. The van der Waals surface area contributed by atoms with E-state index in [0.717, 1.165) is 31.2 Å². The predicted molar refractivity (Wildman–Crippen MR) is 117 cm³/mol. The number of aromatic nitrogens is 2. The van der Waals surface area contributed by atoms with Crippen molar-refractivity contribution in [3.8, 4) is 11.5 Å². The first-order valence-electron chi connectivity index (χ1n) is 10.5. The number of rotatable bonds is 3. The molecule has 2 fully saturated rings. The summed E-state index contributed by atoms with van der Waals surface area (Å²) in [4.78, 5) is 16.8. The second kappa shape index (κ2) is 7.96. The van der Waals surface area contributed by atoms with E-state index in [0.29, 0.717) is 37.1 Å². The minimum absolute atomic E-state index is 0.0329. The second-order valence-electron chi connectivity index (χ2n) is 8.15. The van der Waals surface area contributed by atoms with Gasteiger partial charge in [-0.15, -0.1) is 5.10 Å². The number of hydrogen-bond donors (Lipinski definition) is 0. The minimum atomic E-state index is -0.510. The molecular formula is C23H22ClFN4O2. The lowest BCUT2D eigenvalue weighted by Crippen LogP contribution is -2.60. The predicted octanol–water partition coefficient (Wildman–Crippen LogP) is 5.09. The van der Waals surface area contributed by atoms with E-state index in [9.17, 15) is 9.18 Å². The molecule has 1 aromatic heterocycles. The van der Waals surface area contributed by atoms with Crippen LogP contribution in [0.5, 0.6) is 0 Å². The summed E-state index contributed by atoms with van der Waals surface area (Å²) >= 11 is 5.86. The molecule has 2 aromatic carbocycles. The maximum absolute atomic E-state index is 14.1. The molecule has 6 nitrogen and oxygen atoms in total. The summed E-state index contributed by atoms with van der Waals surface area (Å²) in [7, 11) is 0. The summed E-state index contributed by atoms with van der Waals surface area (Å²) in [6, 6.07) is 14.8. The molecule has 0 bridgehead atoms. The highest BCUT2D eigenvalue weighted by Crippen LogP contribution is 2.42. The van der Waals surface area contributed by atoms with Crippen LogP contribution in [-0.2, 0) is 4.79 Å². The van der Waals surface area contributed by atoms with Crippen molar-refractivity contribution in [3.05, 3.63) is 59.4 Å². The summed E-state index contributed by atoms with van der Waals surface area (Å²) in [5.41, 5.74) is 1.11. The Kier molecular flexibility index (Phi) is 5.14. The van der Waals surface area contributed by atoms with E-state index in [2.05, 4.69) is 15.1 Å². The zero-order valence-corrected chi connectivity index (χ0v) is 17.7. The van der Waals surface area contributed by atoms with Gasteiger partial charge in [-0.1, -0.05) is 34.9 Å². The Morgan fingerprint density at radius 2 is 1.81 bits per heavy atom. The highest BCUT2D eigenvalue weighted by molar-refractivity contribution is 6.30. The molecule has 8 heteroatoms. The van der Waals surface area contributed by atoms with Crippen LogP contribution in [0.25, 0.3) is 11.5 Å². The van der Waals surface area contributed by atoms with Crippen LogP contribution in [0.2, 0.25) is 5.02 Å². The molecule has 0 aliphatic carbocycles. The number of carbonyl (C=O) groups excluding carboxylic acids is 1. The van der Waals surface area contributed by atoms with E-state index in [4.69, 9.17) is 16.0 Å². The van der Waals surface area contributed by atoms with Crippen molar-refractivity contribution in [2.45, 2.75) is 37.6 Å². The molecule has 2 aliphatic rings. The highest BCUT2D eigenvalue weighted by Gasteiger charge is 2.45. The van der Waals surface area contributed by atoms with Gasteiger partial charge in [0.05, 0.1) is 10.6 Å². The van der Waals surface area contributed by atoms with Crippen LogP contribution >= 0.6 is 11.6 Å². The molecule has 2 saturated heterocycles. The Labute approximate surface area is 184 Å². The first kappa shape index (κ1) is 20.0. The molecule has 1 amide bonds. The summed E-state index contributed by atoms with van der Waals surface area (Å²) in [6.07, 6.45) is 3.68. The van der Waals surface area contributed by atoms with Crippen molar-refractivity contribution in [2.75, 3.05) is 22.9 Å². The van der Waals surface area contributed by atoms with E-state index >= 15 is 0 Å². The minimum Gasteiger partial charge on any atom is -0.403 e. The number of hydrogen-bond acceptors (Lipinski definition) is 5. The molecule has 0 saturated carbocycles. The third kappa shape index (κ3) is 3.67. The van der Waals surface area contributed by atoms with E-state index in [1.165, 1.54) is 12.1 Å². The fraction of sp³-hybridized carbons (Fsp3) is 0.348. The first-order chi connectivity index (χ1) is 15.1. The molecule has 1 spiro atoms. The van der Waals surface area contributed by atoms with Crippen molar-refractivity contribution in [3.63, 3.8) is 0 Å². The number of benzene rings is 2. The molecule has 2 aliphatic heterocycles. The quantitative estimate of drug-likeness (QED) is 0.568. The fourth-order valence-electron chi connectivity index (χ4n) is 4.73. The Hall–Kier alpha value is -2.93. The summed E-state index contributed by atoms with van der Waals surface area (Å²) in [6.45, 7) is 1.35. The van der Waals surface area contributed by atoms with Gasteiger partial charge in [-0.05, 0) is 56.0 Å². The zero-order chi connectivity index (χ0) is 21.4. The second-order valence-corrected chi connectivity index (χ2v) is 8.56. The van der Waals surface area contributed by atoms with Crippen LogP contribution in [0, 0.1) is 5.82 Å². The standard InChI is InChI=1S/C23H22ClFN4O2/c24-18-9-8-17(15-19(18)25)29-20(30)7-4-10-23(29)11-13-28(14-12-23)22-27-26-21(31-22)16-5-2-1-3-6-16/h1-3,5-6,8-9,15H,4,7,10-14H2. The fourth-order valence-corrected chi connectivity index (χ4v) is 4.84. The van der Waals surface area contributed by atoms with Gasteiger partial charge < -0.3 is 14.2 Å². The van der Waals surface area contributed by atoms with E-state index < -0.39 is 5.82 Å². The van der Waals surface area contributed by atoms with Gasteiger partial charge in [0, 0.05) is 30.8 Å². The maximum Gasteiger partial charge on any atom is 0.318 e. The molecule has 0 atom stereocenters. The summed E-state index contributed by atoms with van der Waals surface area (Å²) in [5, 5.41) is 8.47. The lowest BCUT2D eigenvalue weighted by atomic mass is 9.78. The number of piperidine rings is 2. The molecule has 3 heterocycles. The normalized spacial score (nSPS) is 18.6. The molecule has 3 aromatic rings. The van der Waals surface area contributed by atoms with Gasteiger partial charge in [0.1, 0.15) is 5.82 Å². The van der Waals surface area contributed by atoms with E-state index in [1.807, 2.05) is 30.3 Å². The summed E-state index contributed by atoms with van der Waals surface area (Å²) in [5.74, 6) is 0.0111. The van der Waals surface area contributed by atoms with Crippen molar-refractivity contribution in [1.29, 1.82) is 0 Å². The van der Waals surface area contributed by atoms with Crippen LogP contribution < -0.4 is 9.80 Å². The third-order valence-corrected chi connectivity index (χ3v) is 6.62. The van der Waals surface area contributed by atoms with Gasteiger partial charge in [0.2, 0.25) is 11.8 Å². The number of amides is 1. The Bertz CT molecular complexity index is 1100. The Morgan fingerprint density at radius 3 is 2.55 bits per heavy atom. The van der Waals surface area contributed by atoms with Crippen molar-refractivity contribution in [1.82, 2.24) is 10.2 Å². The number of anilines is 2. The molecule has 31 heavy (non-hydrogen) atoms. The number of carbonyl (C=O) groups is 1. The topological polar surface area (TPSA) is 62.5 Å². The first-order valence-corrected chi connectivity index (χ1v) is 10.9. The number of nitrogens with zero attached hydrogens (tertiary/aromatic N) is 4. The maximum atomic E-state index is 14.1. The monoisotopic (exact) mass is 440 g/mol. The smallest absolute Gasteiger partial charge is 0.318 e. The van der Waals surface area contributed by atoms with E-state index in [1.54, 1.807) is 11.0 Å². The average Bonchev–Trinajstić information content (AvgIpc) is 3.28. The lowest BCUT2D eigenvalue weighted by Gasteiger charge is -2.51. The van der Waals surface area contributed by atoms with Gasteiger partial charge in [-0.2, -0.15) is 0 Å². The van der Waals surface area contributed by atoms with Crippen molar-refractivity contribution in [2.24, 2.45) is 0 Å². The molecular weight excluding hydrogens is 419 g/mol. The third-order valence-electron chi connectivity index (χ3n) is 6.32. The van der Waals surface area contributed by atoms with Crippen molar-refractivity contribution >= 4 is 29.2 Å². The van der Waals surface area contributed by atoms with Gasteiger partial charge in [0.15, 0.2) is 0 Å². The molecule has 160 valence electrons. The zero-order valence-electron chi connectivity index (χ0n) is 16.9. The van der Waals surface area contributed by atoms with Crippen LogP contribution in [0.4, 0.5) is 16.1 Å². The Morgan fingerprint density at radius 1 is 1.03 bits per heavy atom. The van der Waals surface area contributed by atoms with Gasteiger partial charge in [-0.25, -0.2) is 4.39 Å². The average molecular weight is 441 g/mol. The Balaban J connectivity index is 1.37. The molecule has 0 radical (unpaired) electrons.